The lowest BCUT2D eigenvalue weighted by molar-refractivity contribution is -0.161. The van der Waals surface area contributed by atoms with Crippen LogP contribution >= 0.6 is 7.82 Å². The Hall–Kier alpha value is -1.25. The number of allylic oxidation sites excluding steroid dienone is 2. The van der Waals surface area contributed by atoms with Crippen LogP contribution in [0.25, 0.3) is 0 Å². The molecular weight excluding hydrogens is 737 g/mol. The minimum Gasteiger partial charge on any atom is -0.462 e. The zero-order valence-electron chi connectivity index (χ0n) is 37.3. The van der Waals surface area contributed by atoms with E-state index in [9.17, 15) is 19.0 Å². The fourth-order valence-corrected chi connectivity index (χ4v) is 7.81. The SMILES string of the molecule is CCCCCC/C=C\CCCCCCCCCC(=O)O[C@H](COC(=O)CCCCCCCCCCCCCCCCCCCCCCC)COP(=O)(O)OCCN. The second-order valence-electron chi connectivity index (χ2n) is 16.3. The number of carbonyl (C=O) groups excluding carboxylic acids is 2. The van der Waals surface area contributed by atoms with Gasteiger partial charge in [0.15, 0.2) is 6.10 Å². The van der Waals surface area contributed by atoms with Crippen LogP contribution in [0.1, 0.15) is 245 Å². The number of phosphoric ester groups is 1. The molecular formula is C47H92NO8P. The van der Waals surface area contributed by atoms with Crippen LogP contribution in [0.4, 0.5) is 0 Å². The first-order valence-corrected chi connectivity index (χ1v) is 25.7. The van der Waals surface area contributed by atoms with E-state index in [1.165, 1.54) is 167 Å². The van der Waals surface area contributed by atoms with Gasteiger partial charge in [0.1, 0.15) is 6.61 Å². The summed E-state index contributed by atoms with van der Waals surface area (Å²) in [5.74, 6) is -0.819. The highest BCUT2D eigenvalue weighted by Gasteiger charge is 2.26. The van der Waals surface area contributed by atoms with Crippen molar-refractivity contribution in [2.75, 3.05) is 26.4 Å². The third-order valence-corrected chi connectivity index (χ3v) is 11.6. The van der Waals surface area contributed by atoms with Crippen LogP contribution < -0.4 is 5.73 Å². The summed E-state index contributed by atoms with van der Waals surface area (Å²) in [6.07, 6.45) is 46.7. The molecule has 0 saturated carbocycles. The second kappa shape index (κ2) is 44.3. The lowest BCUT2D eigenvalue weighted by Gasteiger charge is -2.19. The Morgan fingerprint density at radius 1 is 0.509 bits per heavy atom. The fraction of sp³-hybridized carbons (Fsp3) is 0.915. The molecule has 338 valence electrons. The number of esters is 2. The maximum Gasteiger partial charge on any atom is 0.472 e. The molecule has 0 fully saturated rings. The topological polar surface area (TPSA) is 134 Å². The second-order valence-corrected chi connectivity index (χ2v) is 17.8. The molecule has 0 rings (SSSR count). The van der Waals surface area contributed by atoms with Gasteiger partial charge in [0.25, 0.3) is 0 Å². The predicted molar refractivity (Wildman–Crippen MR) is 238 cm³/mol. The van der Waals surface area contributed by atoms with Crippen LogP contribution in [0, 0.1) is 0 Å². The maximum atomic E-state index is 12.6. The Morgan fingerprint density at radius 3 is 1.26 bits per heavy atom. The van der Waals surface area contributed by atoms with Gasteiger partial charge in [-0.3, -0.25) is 18.6 Å². The molecule has 0 heterocycles. The maximum absolute atomic E-state index is 12.6. The molecule has 0 aliphatic heterocycles. The lowest BCUT2D eigenvalue weighted by atomic mass is 10.0. The van der Waals surface area contributed by atoms with Crippen molar-refractivity contribution in [1.29, 1.82) is 0 Å². The van der Waals surface area contributed by atoms with E-state index in [0.717, 1.165) is 44.9 Å². The van der Waals surface area contributed by atoms with E-state index in [-0.39, 0.29) is 38.6 Å². The van der Waals surface area contributed by atoms with E-state index < -0.39 is 26.5 Å². The van der Waals surface area contributed by atoms with E-state index in [4.69, 9.17) is 24.3 Å². The summed E-state index contributed by atoms with van der Waals surface area (Å²) >= 11 is 0. The monoisotopic (exact) mass is 830 g/mol. The van der Waals surface area contributed by atoms with E-state index in [1.54, 1.807) is 0 Å². The molecule has 0 aromatic rings. The van der Waals surface area contributed by atoms with Gasteiger partial charge in [-0.25, -0.2) is 4.57 Å². The molecule has 3 N–H and O–H groups in total. The van der Waals surface area contributed by atoms with Gasteiger partial charge < -0.3 is 20.1 Å². The number of carbonyl (C=O) groups is 2. The fourth-order valence-electron chi connectivity index (χ4n) is 7.04. The van der Waals surface area contributed by atoms with Crippen molar-refractivity contribution < 1.29 is 37.6 Å². The van der Waals surface area contributed by atoms with E-state index >= 15 is 0 Å². The van der Waals surface area contributed by atoms with Gasteiger partial charge in [-0.15, -0.1) is 0 Å². The van der Waals surface area contributed by atoms with Crippen LogP contribution in [0.3, 0.4) is 0 Å². The van der Waals surface area contributed by atoms with Gasteiger partial charge in [0.05, 0.1) is 13.2 Å². The van der Waals surface area contributed by atoms with Crippen LogP contribution in [-0.4, -0.2) is 49.3 Å². The molecule has 10 heteroatoms. The number of unbranched alkanes of at least 4 members (excludes halogenated alkanes) is 31. The van der Waals surface area contributed by atoms with Crippen molar-refractivity contribution >= 4 is 19.8 Å². The first-order valence-electron chi connectivity index (χ1n) is 24.2. The molecule has 1 unspecified atom stereocenters. The Balaban J connectivity index is 4.02. The van der Waals surface area contributed by atoms with Crippen molar-refractivity contribution in [3.8, 4) is 0 Å². The summed E-state index contributed by atoms with van der Waals surface area (Å²) in [6, 6.07) is 0. The third-order valence-electron chi connectivity index (χ3n) is 10.7. The van der Waals surface area contributed by atoms with Crippen molar-refractivity contribution in [3.63, 3.8) is 0 Å². The van der Waals surface area contributed by atoms with Crippen LogP contribution in [0.2, 0.25) is 0 Å². The lowest BCUT2D eigenvalue weighted by Crippen LogP contribution is -2.29. The Bertz CT molecular complexity index is 948. The quantitative estimate of drug-likeness (QED) is 0.0266. The normalized spacial score (nSPS) is 13.3. The first-order chi connectivity index (χ1) is 27.8. The van der Waals surface area contributed by atoms with Gasteiger partial charge in [0, 0.05) is 19.4 Å². The highest BCUT2D eigenvalue weighted by molar-refractivity contribution is 7.47. The summed E-state index contributed by atoms with van der Waals surface area (Å²) in [4.78, 5) is 35.0. The molecule has 0 spiro atoms. The smallest absolute Gasteiger partial charge is 0.462 e. The Kier molecular flexibility index (Phi) is 43.3. The van der Waals surface area contributed by atoms with Gasteiger partial charge in [-0.2, -0.15) is 0 Å². The van der Waals surface area contributed by atoms with Crippen LogP contribution in [0.5, 0.6) is 0 Å². The van der Waals surface area contributed by atoms with E-state index in [2.05, 4.69) is 26.0 Å². The molecule has 0 saturated heterocycles. The molecule has 0 aromatic carbocycles. The highest BCUT2D eigenvalue weighted by atomic mass is 31.2. The average molecular weight is 830 g/mol. The van der Waals surface area contributed by atoms with Crippen molar-refractivity contribution in [3.05, 3.63) is 12.2 Å². The average Bonchev–Trinajstić information content (AvgIpc) is 3.20. The molecule has 9 nitrogen and oxygen atoms in total. The Morgan fingerprint density at radius 2 is 0.860 bits per heavy atom. The molecule has 0 amide bonds. The number of ether oxygens (including phenoxy) is 2. The van der Waals surface area contributed by atoms with Crippen LogP contribution in [-0.2, 0) is 32.7 Å². The number of phosphoric acid groups is 1. The number of hydrogen-bond acceptors (Lipinski definition) is 8. The molecule has 0 aromatic heterocycles. The van der Waals surface area contributed by atoms with E-state index in [0.29, 0.717) is 6.42 Å². The van der Waals surface area contributed by atoms with Gasteiger partial charge >= 0.3 is 19.8 Å². The standard InChI is InChI=1S/C47H92NO8P/c1-3-5-7-9-11-13-15-17-19-20-21-22-23-24-26-27-29-31-33-35-37-39-46(49)53-43-45(44-55-57(51,52)54-42-41-48)56-47(50)40-38-36-34-32-30-28-25-18-16-14-12-10-8-6-4-2/h14,16,45H,3-13,15,17-44,48H2,1-2H3,(H,51,52)/b16-14-/t45-/m1/s1. The summed E-state index contributed by atoms with van der Waals surface area (Å²) in [6.45, 7) is 3.76. The van der Waals surface area contributed by atoms with Crippen molar-refractivity contribution in [2.24, 2.45) is 5.73 Å². The molecule has 57 heavy (non-hydrogen) atoms. The predicted octanol–water partition coefficient (Wildman–Crippen LogP) is 14.2. The minimum atomic E-state index is -4.37. The summed E-state index contributed by atoms with van der Waals surface area (Å²) in [5, 5.41) is 0. The Labute approximate surface area is 351 Å². The van der Waals surface area contributed by atoms with Crippen molar-refractivity contribution in [1.82, 2.24) is 0 Å². The molecule has 0 aliphatic rings. The summed E-state index contributed by atoms with van der Waals surface area (Å²) < 4.78 is 32.9. The highest BCUT2D eigenvalue weighted by Crippen LogP contribution is 2.43. The zero-order valence-corrected chi connectivity index (χ0v) is 38.2. The third kappa shape index (κ3) is 44.1. The summed E-state index contributed by atoms with van der Waals surface area (Å²) in [7, 11) is -4.37. The largest absolute Gasteiger partial charge is 0.472 e. The van der Waals surface area contributed by atoms with Gasteiger partial charge in [-0.05, 0) is 38.5 Å². The van der Waals surface area contributed by atoms with E-state index in [1.807, 2.05) is 0 Å². The molecule has 0 aliphatic carbocycles. The summed E-state index contributed by atoms with van der Waals surface area (Å²) in [5.41, 5.74) is 5.36. The van der Waals surface area contributed by atoms with Crippen molar-refractivity contribution in [2.45, 2.75) is 251 Å². The minimum absolute atomic E-state index is 0.0556. The molecule has 0 radical (unpaired) electrons. The van der Waals surface area contributed by atoms with Crippen LogP contribution in [0.15, 0.2) is 12.2 Å². The zero-order chi connectivity index (χ0) is 41.8. The number of hydrogen-bond donors (Lipinski definition) is 2. The van der Waals surface area contributed by atoms with Gasteiger partial charge in [0.2, 0.25) is 0 Å². The van der Waals surface area contributed by atoms with Gasteiger partial charge in [-0.1, -0.05) is 206 Å². The first kappa shape index (κ1) is 55.8. The number of nitrogens with two attached hydrogens (primary N) is 1. The molecule has 2 atom stereocenters. The number of rotatable bonds is 46. The molecule has 0 bridgehead atoms.